The third-order valence-corrected chi connectivity index (χ3v) is 4.45. The van der Waals surface area contributed by atoms with Gasteiger partial charge in [-0.1, -0.05) is 48.5 Å². The number of imidazole rings is 1. The van der Waals surface area contributed by atoms with Gasteiger partial charge < -0.3 is 9.88 Å². The first-order valence-corrected chi connectivity index (χ1v) is 8.98. The van der Waals surface area contributed by atoms with Crippen LogP contribution in [0.5, 0.6) is 0 Å². The van der Waals surface area contributed by atoms with Gasteiger partial charge in [0.2, 0.25) is 5.91 Å². The lowest BCUT2D eigenvalue weighted by molar-refractivity contribution is -0.117. The molecule has 1 amide bonds. The average Bonchev–Trinajstić information content (AvgIpc) is 2.98. The fraction of sp³-hybridized carbons (Fsp3) is 0.273. The third kappa shape index (κ3) is 4.20. The molecule has 2 aromatic carbocycles. The third-order valence-electron chi connectivity index (χ3n) is 4.45. The number of nitrogens with one attached hydrogen (secondary N) is 1. The van der Waals surface area contributed by atoms with E-state index in [1.807, 2.05) is 18.2 Å². The van der Waals surface area contributed by atoms with E-state index in [1.54, 1.807) is 6.92 Å². The summed E-state index contributed by atoms with van der Waals surface area (Å²) in [6.07, 6.45) is 1.66. The Morgan fingerprint density at radius 1 is 1.15 bits per heavy atom. The van der Waals surface area contributed by atoms with Crippen molar-refractivity contribution in [2.24, 2.45) is 0 Å². The minimum absolute atomic E-state index is 0.0850. The molecular weight excluding hydrogens is 322 g/mol. The van der Waals surface area contributed by atoms with E-state index in [0.717, 1.165) is 36.2 Å². The maximum atomic E-state index is 11.6. The smallest absolute Gasteiger partial charge is 0.246 e. The summed E-state index contributed by atoms with van der Waals surface area (Å²) in [7, 11) is 0. The molecule has 4 heteroatoms. The number of nitrogens with zero attached hydrogens (tertiary/aromatic N) is 2. The van der Waals surface area contributed by atoms with Crippen LogP contribution in [-0.4, -0.2) is 22.0 Å². The molecule has 4 nitrogen and oxygen atoms in total. The molecule has 0 radical (unpaired) electrons. The molecule has 1 heterocycles. The fourth-order valence-corrected chi connectivity index (χ4v) is 2.97. The Hall–Kier alpha value is -2.88. The van der Waals surface area contributed by atoms with Crippen LogP contribution in [0.25, 0.3) is 11.0 Å². The van der Waals surface area contributed by atoms with Gasteiger partial charge in [0.05, 0.1) is 11.0 Å². The predicted molar refractivity (Wildman–Crippen MR) is 106 cm³/mol. The van der Waals surface area contributed by atoms with E-state index in [-0.39, 0.29) is 5.91 Å². The summed E-state index contributed by atoms with van der Waals surface area (Å²) < 4.78 is 2.28. The van der Waals surface area contributed by atoms with Crippen LogP contribution in [0.2, 0.25) is 0 Å². The van der Waals surface area contributed by atoms with E-state index >= 15 is 0 Å². The number of carbonyl (C=O) groups excluding carboxylic acids is 1. The lowest BCUT2D eigenvalue weighted by Gasteiger charge is -2.10. The number of amides is 1. The largest absolute Gasteiger partial charge is 0.352 e. The van der Waals surface area contributed by atoms with Crippen LogP contribution in [0.15, 0.2) is 60.7 Å². The maximum Gasteiger partial charge on any atom is 0.246 e. The van der Waals surface area contributed by atoms with Crippen molar-refractivity contribution in [1.29, 1.82) is 0 Å². The Bertz CT molecular complexity index is 922. The van der Waals surface area contributed by atoms with Crippen molar-refractivity contribution >= 4 is 16.9 Å². The van der Waals surface area contributed by atoms with E-state index in [4.69, 9.17) is 4.98 Å². The molecule has 0 saturated carbocycles. The van der Waals surface area contributed by atoms with Crippen LogP contribution >= 0.6 is 0 Å². The summed E-state index contributed by atoms with van der Waals surface area (Å²) in [6.45, 7) is 8.90. The molecule has 0 spiro atoms. The quantitative estimate of drug-likeness (QED) is 0.518. The highest BCUT2D eigenvalue weighted by molar-refractivity contribution is 5.92. The SMILES string of the molecule is C=C(C)C(=O)NCCCc1nc2ccccc2n1Cc1ccc(C)cc1. The van der Waals surface area contributed by atoms with E-state index < -0.39 is 0 Å². The molecule has 0 bridgehead atoms. The van der Waals surface area contributed by atoms with Gasteiger partial charge >= 0.3 is 0 Å². The van der Waals surface area contributed by atoms with Crippen molar-refractivity contribution in [3.05, 3.63) is 77.6 Å². The maximum absolute atomic E-state index is 11.6. The molecule has 3 rings (SSSR count). The number of fused-ring (bicyclic) bond motifs is 1. The van der Waals surface area contributed by atoms with Gasteiger partial charge in [0.1, 0.15) is 5.82 Å². The van der Waals surface area contributed by atoms with Gasteiger partial charge in [-0.25, -0.2) is 4.98 Å². The van der Waals surface area contributed by atoms with Crippen LogP contribution in [0.1, 0.15) is 30.3 Å². The van der Waals surface area contributed by atoms with E-state index in [1.165, 1.54) is 11.1 Å². The van der Waals surface area contributed by atoms with Crippen molar-refractivity contribution in [2.45, 2.75) is 33.2 Å². The Morgan fingerprint density at radius 3 is 2.62 bits per heavy atom. The topological polar surface area (TPSA) is 46.9 Å². The predicted octanol–water partition coefficient (Wildman–Crippen LogP) is 4.02. The molecule has 134 valence electrons. The Morgan fingerprint density at radius 2 is 1.88 bits per heavy atom. The van der Waals surface area contributed by atoms with Crippen LogP contribution < -0.4 is 5.32 Å². The second-order valence-electron chi connectivity index (χ2n) is 6.73. The molecule has 3 aromatic rings. The summed E-state index contributed by atoms with van der Waals surface area (Å²) in [5, 5.41) is 2.89. The monoisotopic (exact) mass is 347 g/mol. The number of hydrogen-bond donors (Lipinski definition) is 1. The zero-order valence-electron chi connectivity index (χ0n) is 15.5. The number of benzene rings is 2. The van der Waals surface area contributed by atoms with Crippen molar-refractivity contribution in [1.82, 2.24) is 14.9 Å². The molecule has 0 atom stereocenters. The van der Waals surface area contributed by atoms with Crippen LogP contribution in [0.3, 0.4) is 0 Å². The first-order valence-electron chi connectivity index (χ1n) is 8.98. The molecule has 26 heavy (non-hydrogen) atoms. The number of aryl methyl sites for hydroxylation is 2. The minimum Gasteiger partial charge on any atom is -0.352 e. The van der Waals surface area contributed by atoms with Crippen LogP contribution in [0, 0.1) is 6.92 Å². The number of aromatic nitrogens is 2. The molecular formula is C22H25N3O. The lowest BCUT2D eigenvalue weighted by atomic mass is 10.1. The summed E-state index contributed by atoms with van der Waals surface area (Å²) >= 11 is 0. The number of rotatable bonds is 7. The average molecular weight is 347 g/mol. The first kappa shape index (κ1) is 17.9. The fourth-order valence-electron chi connectivity index (χ4n) is 2.97. The first-order chi connectivity index (χ1) is 12.5. The zero-order valence-corrected chi connectivity index (χ0v) is 15.5. The van der Waals surface area contributed by atoms with Crippen molar-refractivity contribution in [3.63, 3.8) is 0 Å². The normalized spacial score (nSPS) is 10.8. The molecule has 0 aliphatic carbocycles. The molecule has 0 aliphatic rings. The zero-order chi connectivity index (χ0) is 18.5. The van der Waals surface area contributed by atoms with E-state index in [2.05, 4.69) is 53.7 Å². The van der Waals surface area contributed by atoms with Gasteiger partial charge in [-0.05, 0) is 38.0 Å². The van der Waals surface area contributed by atoms with E-state index in [9.17, 15) is 4.79 Å². The molecule has 0 fully saturated rings. The van der Waals surface area contributed by atoms with E-state index in [0.29, 0.717) is 12.1 Å². The highest BCUT2D eigenvalue weighted by Gasteiger charge is 2.11. The summed E-state index contributed by atoms with van der Waals surface area (Å²) in [6, 6.07) is 16.8. The molecule has 1 N–H and O–H groups in total. The summed E-state index contributed by atoms with van der Waals surface area (Å²) in [4.78, 5) is 16.4. The lowest BCUT2D eigenvalue weighted by Crippen LogP contribution is -2.25. The minimum atomic E-state index is -0.0850. The van der Waals surface area contributed by atoms with Gasteiger partial charge in [-0.15, -0.1) is 0 Å². The van der Waals surface area contributed by atoms with Gasteiger partial charge in [-0.3, -0.25) is 4.79 Å². The summed E-state index contributed by atoms with van der Waals surface area (Å²) in [5.74, 6) is 0.967. The number of hydrogen-bond acceptors (Lipinski definition) is 2. The Kier molecular flexibility index (Phi) is 5.52. The van der Waals surface area contributed by atoms with Gasteiger partial charge in [-0.2, -0.15) is 0 Å². The molecule has 0 aliphatic heterocycles. The Balaban J connectivity index is 1.77. The number of para-hydroxylation sites is 2. The second-order valence-corrected chi connectivity index (χ2v) is 6.73. The Labute approximate surface area is 154 Å². The highest BCUT2D eigenvalue weighted by Crippen LogP contribution is 2.19. The molecule has 0 unspecified atom stereocenters. The highest BCUT2D eigenvalue weighted by atomic mass is 16.1. The van der Waals surface area contributed by atoms with Gasteiger partial charge in [0, 0.05) is 25.1 Å². The molecule has 0 saturated heterocycles. The van der Waals surface area contributed by atoms with Crippen LogP contribution in [-0.2, 0) is 17.8 Å². The summed E-state index contributed by atoms with van der Waals surface area (Å²) in [5.41, 5.74) is 5.22. The standard InChI is InChI=1S/C22H25N3O/c1-16(2)22(26)23-14-6-9-21-24-19-7-4-5-8-20(19)25(21)15-18-12-10-17(3)11-13-18/h4-5,7-8,10-13H,1,6,9,14-15H2,2-3H3,(H,23,26). The van der Waals surface area contributed by atoms with Gasteiger partial charge in [0.15, 0.2) is 0 Å². The van der Waals surface area contributed by atoms with Crippen molar-refractivity contribution < 1.29 is 4.79 Å². The number of carbonyl (C=O) groups is 1. The van der Waals surface area contributed by atoms with Gasteiger partial charge in [0.25, 0.3) is 0 Å². The molecule has 1 aromatic heterocycles. The van der Waals surface area contributed by atoms with Crippen molar-refractivity contribution in [2.75, 3.05) is 6.54 Å². The van der Waals surface area contributed by atoms with Crippen LogP contribution in [0.4, 0.5) is 0 Å². The second kappa shape index (κ2) is 8.00. The van der Waals surface area contributed by atoms with Crippen molar-refractivity contribution in [3.8, 4) is 0 Å².